The van der Waals surface area contributed by atoms with Crippen LogP contribution in [0.4, 0.5) is 5.69 Å². The van der Waals surface area contributed by atoms with Gasteiger partial charge in [-0.15, -0.1) is 0 Å². The molecule has 1 fully saturated rings. The molecule has 0 aliphatic carbocycles. The minimum atomic E-state index is -0.00588. The predicted molar refractivity (Wildman–Crippen MR) is 71.6 cm³/mol. The fraction of sp³-hybridized carbons (Fsp3) is 0.500. The summed E-state index contributed by atoms with van der Waals surface area (Å²) in [6, 6.07) is 2.07. The third kappa shape index (κ3) is 3.12. The zero-order valence-electron chi connectivity index (χ0n) is 9.90. The Kier molecular flexibility index (Phi) is 4.25. The van der Waals surface area contributed by atoms with Gasteiger partial charge in [0.15, 0.2) is 0 Å². The van der Waals surface area contributed by atoms with Crippen molar-refractivity contribution in [1.82, 2.24) is 10.3 Å². The summed E-state index contributed by atoms with van der Waals surface area (Å²) < 4.78 is 0. The van der Waals surface area contributed by atoms with Crippen molar-refractivity contribution in [2.75, 3.05) is 23.9 Å². The number of hydrogen-bond acceptors (Lipinski definition) is 4. The van der Waals surface area contributed by atoms with E-state index in [2.05, 4.69) is 15.6 Å². The normalized spacial score (nSPS) is 16.5. The van der Waals surface area contributed by atoms with E-state index in [4.69, 9.17) is 0 Å². The van der Waals surface area contributed by atoms with E-state index in [9.17, 15) is 4.79 Å². The summed E-state index contributed by atoms with van der Waals surface area (Å²) in [7, 11) is 1.80. The first-order chi connectivity index (χ1) is 8.31. The molecule has 1 aromatic heterocycles. The number of amides is 1. The summed E-state index contributed by atoms with van der Waals surface area (Å²) in [5, 5.41) is 6.08. The van der Waals surface area contributed by atoms with E-state index in [0.29, 0.717) is 11.6 Å². The summed E-state index contributed by atoms with van der Waals surface area (Å²) in [4.78, 5) is 16.1. The van der Waals surface area contributed by atoms with E-state index < -0.39 is 0 Å². The van der Waals surface area contributed by atoms with Gasteiger partial charge in [-0.1, -0.05) is 0 Å². The van der Waals surface area contributed by atoms with Gasteiger partial charge in [-0.05, 0) is 30.4 Å². The fourth-order valence-corrected chi connectivity index (χ4v) is 3.00. The lowest BCUT2D eigenvalue weighted by molar-refractivity contribution is 0.0935. The molecule has 1 aliphatic heterocycles. The molecule has 0 spiro atoms. The molecule has 0 radical (unpaired) electrons. The lowest BCUT2D eigenvalue weighted by Crippen LogP contribution is -2.37. The quantitative estimate of drug-likeness (QED) is 0.859. The first-order valence-electron chi connectivity index (χ1n) is 5.81. The number of nitrogens with zero attached hydrogens (tertiary/aromatic N) is 1. The molecule has 92 valence electrons. The van der Waals surface area contributed by atoms with E-state index in [1.807, 2.05) is 11.8 Å². The van der Waals surface area contributed by atoms with Crippen LogP contribution in [0.1, 0.15) is 23.2 Å². The summed E-state index contributed by atoms with van der Waals surface area (Å²) in [5.74, 6) is 2.27. The fourth-order valence-electron chi connectivity index (χ4n) is 1.90. The van der Waals surface area contributed by atoms with Gasteiger partial charge in [-0.3, -0.25) is 9.78 Å². The molecule has 2 rings (SSSR count). The highest BCUT2D eigenvalue weighted by Gasteiger charge is 2.18. The summed E-state index contributed by atoms with van der Waals surface area (Å²) >= 11 is 1.96. The molecule has 4 nitrogen and oxygen atoms in total. The smallest absolute Gasteiger partial charge is 0.253 e. The van der Waals surface area contributed by atoms with Crippen LogP contribution in [0.25, 0.3) is 0 Å². The standard InChI is InChI=1S/C12H17N3OS/c1-13-11-8-14-5-2-10(11)12(16)15-9-3-6-17-7-4-9/h2,5,8-9,13H,3-4,6-7H2,1H3,(H,15,16). The van der Waals surface area contributed by atoms with Gasteiger partial charge in [0.05, 0.1) is 17.4 Å². The second-order valence-corrected chi connectivity index (χ2v) is 5.26. The first-order valence-corrected chi connectivity index (χ1v) is 6.97. The molecule has 1 aliphatic rings. The van der Waals surface area contributed by atoms with Gasteiger partial charge in [0.25, 0.3) is 5.91 Å². The largest absolute Gasteiger partial charge is 0.386 e. The third-order valence-corrected chi connectivity index (χ3v) is 3.94. The van der Waals surface area contributed by atoms with Crippen molar-refractivity contribution in [3.63, 3.8) is 0 Å². The van der Waals surface area contributed by atoms with E-state index in [0.717, 1.165) is 30.0 Å². The first kappa shape index (κ1) is 12.2. The Morgan fingerprint density at radius 2 is 2.24 bits per heavy atom. The number of thioether (sulfide) groups is 1. The molecular weight excluding hydrogens is 234 g/mol. The number of nitrogens with one attached hydrogen (secondary N) is 2. The molecule has 0 aromatic carbocycles. The number of carbonyl (C=O) groups is 1. The van der Waals surface area contributed by atoms with Crippen molar-refractivity contribution in [3.05, 3.63) is 24.0 Å². The Balaban J connectivity index is 2.03. The number of rotatable bonds is 3. The maximum absolute atomic E-state index is 12.1. The van der Waals surface area contributed by atoms with E-state index >= 15 is 0 Å². The number of hydrogen-bond donors (Lipinski definition) is 2. The van der Waals surface area contributed by atoms with Crippen LogP contribution in [-0.4, -0.2) is 35.5 Å². The highest BCUT2D eigenvalue weighted by molar-refractivity contribution is 7.99. The van der Waals surface area contributed by atoms with Gasteiger partial charge >= 0.3 is 0 Å². The molecule has 0 unspecified atom stereocenters. The number of aromatic nitrogens is 1. The van der Waals surface area contributed by atoms with Crippen LogP contribution in [0.15, 0.2) is 18.5 Å². The van der Waals surface area contributed by atoms with Gasteiger partial charge in [-0.25, -0.2) is 0 Å². The van der Waals surface area contributed by atoms with Crippen molar-refractivity contribution in [1.29, 1.82) is 0 Å². The van der Waals surface area contributed by atoms with Crippen LogP contribution < -0.4 is 10.6 Å². The average molecular weight is 251 g/mol. The van der Waals surface area contributed by atoms with Gasteiger partial charge < -0.3 is 10.6 Å². The number of pyridine rings is 1. The lowest BCUT2D eigenvalue weighted by atomic mass is 10.1. The highest BCUT2D eigenvalue weighted by Crippen LogP contribution is 2.18. The zero-order valence-corrected chi connectivity index (χ0v) is 10.7. The molecule has 0 bridgehead atoms. The number of anilines is 1. The lowest BCUT2D eigenvalue weighted by Gasteiger charge is -2.22. The number of carbonyl (C=O) groups excluding carboxylic acids is 1. The van der Waals surface area contributed by atoms with Gasteiger partial charge in [0, 0.05) is 19.3 Å². The van der Waals surface area contributed by atoms with Crippen molar-refractivity contribution >= 4 is 23.4 Å². The molecule has 1 aromatic rings. The van der Waals surface area contributed by atoms with Gasteiger partial charge in [-0.2, -0.15) is 11.8 Å². The minimum Gasteiger partial charge on any atom is -0.386 e. The molecule has 1 saturated heterocycles. The summed E-state index contributed by atoms with van der Waals surface area (Å²) in [6.07, 6.45) is 5.45. The third-order valence-electron chi connectivity index (χ3n) is 2.89. The highest BCUT2D eigenvalue weighted by atomic mass is 32.2. The molecule has 0 atom stereocenters. The van der Waals surface area contributed by atoms with Crippen LogP contribution in [0.2, 0.25) is 0 Å². The van der Waals surface area contributed by atoms with Crippen molar-refractivity contribution < 1.29 is 4.79 Å². The zero-order chi connectivity index (χ0) is 12.1. The average Bonchev–Trinajstić information content (AvgIpc) is 2.40. The molecular formula is C12H17N3OS. The Hall–Kier alpha value is -1.23. The van der Waals surface area contributed by atoms with Crippen molar-refractivity contribution in [2.24, 2.45) is 0 Å². The van der Waals surface area contributed by atoms with Crippen molar-refractivity contribution in [3.8, 4) is 0 Å². The monoisotopic (exact) mass is 251 g/mol. The van der Waals surface area contributed by atoms with Gasteiger partial charge in [0.1, 0.15) is 0 Å². The molecule has 2 N–H and O–H groups in total. The Morgan fingerprint density at radius 3 is 2.94 bits per heavy atom. The van der Waals surface area contributed by atoms with Crippen LogP contribution in [0.3, 0.4) is 0 Å². The molecule has 0 saturated carbocycles. The van der Waals surface area contributed by atoms with Gasteiger partial charge in [0.2, 0.25) is 0 Å². The van der Waals surface area contributed by atoms with Crippen LogP contribution in [0.5, 0.6) is 0 Å². The van der Waals surface area contributed by atoms with E-state index in [1.165, 1.54) is 0 Å². The minimum absolute atomic E-state index is 0.00588. The second-order valence-electron chi connectivity index (χ2n) is 4.03. The molecule has 1 amide bonds. The van der Waals surface area contributed by atoms with E-state index in [-0.39, 0.29) is 5.91 Å². The Morgan fingerprint density at radius 1 is 1.47 bits per heavy atom. The topological polar surface area (TPSA) is 54.0 Å². The van der Waals surface area contributed by atoms with E-state index in [1.54, 1.807) is 25.5 Å². The van der Waals surface area contributed by atoms with Crippen molar-refractivity contribution in [2.45, 2.75) is 18.9 Å². The summed E-state index contributed by atoms with van der Waals surface area (Å²) in [5.41, 5.74) is 1.44. The van der Waals surface area contributed by atoms with Crippen LogP contribution in [-0.2, 0) is 0 Å². The maximum Gasteiger partial charge on any atom is 0.253 e. The Bertz CT molecular complexity index is 391. The maximum atomic E-state index is 12.1. The van der Waals surface area contributed by atoms with Crippen LogP contribution in [0, 0.1) is 0 Å². The SMILES string of the molecule is CNc1cnccc1C(=O)NC1CCSCC1. The molecule has 5 heteroatoms. The van der Waals surface area contributed by atoms with Crippen LogP contribution >= 0.6 is 11.8 Å². The predicted octanol–water partition coefficient (Wildman–Crippen LogP) is 1.75. The second kappa shape index (κ2) is 5.91. The Labute approximate surface area is 106 Å². The molecule has 2 heterocycles. The molecule has 17 heavy (non-hydrogen) atoms. The summed E-state index contributed by atoms with van der Waals surface area (Å²) in [6.45, 7) is 0.